The zero-order chi connectivity index (χ0) is 10.8. The van der Waals surface area contributed by atoms with Crippen molar-refractivity contribution in [2.75, 3.05) is 0 Å². The van der Waals surface area contributed by atoms with Gasteiger partial charge in [-0.3, -0.25) is 9.79 Å². The summed E-state index contributed by atoms with van der Waals surface area (Å²) in [6.45, 7) is 2.04. The second kappa shape index (κ2) is 4.23. The van der Waals surface area contributed by atoms with E-state index >= 15 is 0 Å². The lowest BCUT2D eigenvalue weighted by Crippen LogP contribution is -2.13. The van der Waals surface area contributed by atoms with E-state index in [1.165, 1.54) is 6.07 Å². The number of aromatic nitrogens is 1. The van der Waals surface area contributed by atoms with E-state index in [4.69, 9.17) is 0 Å². The molecule has 15 heavy (non-hydrogen) atoms. The minimum atomic E-state index is 0.0416. The predicted molar refractivity (Wildman–Crippen MR) is 65.1 cm³/mol. The van der Waals surface area contributed by atoms with E-state index in [0.29, 0.717) is 5.56 Å². The standard InChI is InChI=1S/C11H14N2OS/c1-7(15)9-2-3-10(13-9)8-6-12-5-4-11(8)14/h4-7,9,15H,2-3H2,1H3,(H,12,14). The Morgan fingerprint density at radius 3 is 3.07 bits per heavy atom. The molecule has 0 bridgehead atoms. The predicted octanol–water partition coefficient (Wildman–Crippen LogP) is 1.64. The van der Waals surface area contributed by atoms with Crippen LogP contribution < -0.4 is 5.43 Å². The van der Waals surface area contributed by atoms with Crippen molar-refractivity contribution in [2.45, 2.75) is 31.1 Å². The van der Waals surface area contributed by atoms with Gasteiger partial charge in [-0.25, -0.2) is 0 Å². The van der Waals surface area contributed by atoms with Crippen LogP contribution in [-0.2, 0) is 0 Å². The molecule has 80 valence electrons. The van der Waals surface area contributed by atoms with Crippen LogP contribution in [0.25, 0.3) is 0 Å². The second-order valence-corrected chi connectivity index (χ2v) is 4.66. The van der Waals surface area contributed by atoms with E-state index in [0.717, 1.165) is 18.6 Å². The van der Waals surface area contributed by atoms with Crippen molar-refractivity contribution in [3.63, 3.8) is 0 Å². The summed E-state index contributed by atoms with van der Waals surface area (Å²) in [6.07, 6.45) is 5.24. The zero-order valence-electron chi connectivity index (χ0n) is 8.60. The van der Waals surface area contributed by atoms with E-state index < -0.39 is 0 Å². The molecule has 0 aliphatic carbocycles. The maximum atomic E-state index is 11.6. The fourth-order valence-electron chi connectivity index (χ4n) is 1.81. The molecular weight excluding hydrogens is 208 g/mol. The highest BCUT2D eigenvalue weighted by Gasteiger charge is 2.22. The van der Waals surface area contributed by atoms with Crippen LogP contribution in [0.3, 0.4) is 0 Å². The number of pyridine rings is 1. The van der Waals surface area contributed by atoms with E-state index in [-0.39, 0.29) is 16.7 Å². The number of rotatable bonds is 2. The summed E-state index contributed by atoms with van der Waals surface area (Å²) in [6, 6.07) is 1.79. The molecule has 0 radical (unpaired) electrons. The minimum absolute atomic E-state index is 0.0416. The number of thiol groups is 1. The van der Waals surface area contributed by atoms with Crippen LogP contribution in [0.4, 0.5) is 0 Å². The molecule has 1 N–H and O–H groups in total. The van der Waals surface area contributed by atoms with Gasteiger partial charge in [-0.15, -0.1) is 0 Å². The lowest BCUT2D eigenvalue weighted by Gasteiger charge is -2.08. The van der Waals surface area contributed by atoms with Crippen molar-refractivity contribution in [2.24, 2.45) is 4.99 Å². The Hall–Kier alpha value is -1.03. The quantitative estimate of drug-likeness (QED) is 0.734. The van der Waals surface area contributed by atoms with Gasteiger partial charge in [0.05, 0.1) is 11.6 Å². The summed E-state index contributed by atoms with van der Waals surface area (Å²) < 4.78 is 0. The number of hydrogen-bond acceptors (Lipinski definition) is 3. The number of nitrogens with zero attached hydrogens (tertiary/aromatic N) is 1. The van der Waals surface area contributed by atoms with Gasteiger partial charge in [0.2, 0.25) is 0 Å². The first-order valence-electron chi connectivity index (χ1n) is 5.10. The highest BCUT2D eigenvalue weighted by Crippen LogP contribution is 2.21. The van der Waals surface area contributed by atoms with E-state index in [9.17, 15) is 4.79 Å². The van der Waals surface area contributed by atoms with Gasteiger partial charge >= 0.3 is 0 Å². The lowest BCUT2D eigenvalue weighted by atomic mass is 10.1. The summed E-state index contributed by atoms with van der Waals surface area (Å²) in [5.41, 5.74) is 1.66. The van der Waals surface area contributed by atoms with Gasteiger partial charge in [-0.2, -0.15) is 12.6 Å². The summed E-state index contributed by atoms with van der Waals surface area (Å²) in [4.78, 5) is 19.0. The van der Waals surface area contributed by atoms with Crippen LogP contribution in [-0.4, -0.2) is 22.0 Å². The molecule has 2 atom stereocenters. The molecule has 1 aromatic rings. The zero-order valence-corrected chi connectivity index (χ0v) is 9.50. The molecule has 0 saturated carbocycles. The molecule has 0 saturated heterocycles. The topological polar surface area (TPSA) is 45.2 Å². The third kappa shape index (κ3) is 2.15. The summed E-state index contributed by atoms with van der Waals surface area (Å²) in [7, 11) is 0. The smallest absolute Gasteiger partial charge is 0.190 e. The maximum Gasteiger partial charge on any atom is 0.190 e. The third-order valence-corrected chi connectivity index (χ3v) is 3.03. The van der Waals surface area contributed by atoms with Gasteiger partial charge in [0.1, 0.15) is 0 Å². The summed E-state index contributed by atoms with van der Waals surface area (Å²) >= 11 is 4.38. The largest absolute Gasteiger partial charge is 0.367 e. The minimum Gasteiger partial charge on any atom is -0.367 e. The Labute approximate surface area is 94.0 Å². The molecule has 0 spiro atoms. The number of nitrogens with one attached hydrogen (secondary N) is 1. The molecular formula is C11H14N2OS. The maximum absolute atomic E-state index is 11.6. The van der Waals surface area contributed by atoms with Gasteiger partial charge in [0.15, 0.2) is 5.43 Å². The fourth-order valence-corrected chi connectivity index (χ4v) is 2.02. The molecule has 2 rings (SSSR count). The molecule has 0 aromatic carbocycles. The average molecular weight is 222 g/mol. The molecule has 4 heteroatoms. The highest BCUT2D eigenvalue weighted by molar-refractivity contribution is 7.81. The van der Waals surface area contributed by atoms with Crippen molar-refractivity contribution >= 4 is 18.3 Å². The first-order chi connectivity index (χ1) is 7.18. The molecule has 1 aromatic heterocycles. The Balaban J connectivity index is 2.31. The van der Waals surface area contributed by atoms with Crippen LogP contribution in [0.5, 0.6) is 0 Å². The van der Waals surface area contributed by atoms with Crippen LogP contribution in [0, 0.1) is 0 Å². The SMILES string of the molecule is CC(S)C1CCC(c2c[nH]ccc2=O)=N1. The van der Waals surface area contributed by atoms with E-state index in [1.807, 2.05) is 6.92 Å². The van der Waals surface area contributed by atoms with Gasteiger partial charge < -0.3 is 4.98 Å². The molecule has 1 aliphatic heterocycles. The first kappa shape index (κ1) is 10.5. The lowest BCUT2D eigenvalue weighted by molar-refractivity contribution is 0.666. The summed E-state index contributed by atoms with van der Waals surface area (Å²) in [5, 5.41) is 0.255. The molecule has 2 unspecified atom stereocenters. The van der Waals surface area contributed by atoms with Crippen molar-refractivity contribution in [3.05, 3.63) is 34.2 Å². The van der Waals surface area contributed by atoms with Crippen LogP contribution >= 0.6 is 12.6 Å². The molecule has 3 nitrogen and oxygen atoms in total. The first-order valence-corrected chi connectivity index (χ1v) is 5.62. The van der Waals surface area contributed by atoms with Gasteiger partial charge in [-0.05, 0) is 12.8 Å². The molecule has 0 fully saturated rings. The molecule has 0 amide bonds. The highest BCUT2D eigenvalue weighted by atomic mass is 32.1. The van der Waals surface area contributed by atoms with Crippen molar-refractivity contribution in [3.8, 4) is 0 Å². The summed E-state index contributed by atoms with van der Waals surface area (Å²) in [5.74, 6) is 0. The Morgan fingerprint density at radius 1 is 1.67 bits per heavy atom. The van der Waals surface area contributed by atoms with Gasteiger partial charge in [0.25, 0.3) is 0 Å². The van der Waals surface area contributed by atoms with E-state index in [1.54, 1.807) is 12.4 Å². The average Bonchev–Trinajstić information content (AvgIpc) is 2.67. The Kier molecular flexibility index (Phi) is 2.95. The molecule has 2 heterocycles. The fraction of sp³-hybridized carbons (Fsp3) is 0.455. The van der Waals surface area contributed by atoms with Crippen molar-refractivity contribution in [1.82, 2.24) is 4.98 Å². The Bertz CT molecular complexity index is 436. The second-order valence-electron chi connectivity index (χ2n) is 3.84. The van der Waals surface area contributed by atoms with Crippen molar-refractivity contribution < 1.29 is 0 Å². The number of aromatic amines is 1. The third-order valence-electron chi connectivity index (χ3n) is 2.69. The monoisotopic (exact) mass is 222 g/mol. The van der Waals surface area contributed by atoms with Crippen LogP contribution in [0.15, 0.2) is 28.2 Å². The Morgan fingerprint density at radius 2 is 2.47 bits per heavy atom. The number of hydrogen-bond donors (Lipinski definition) is 2. The van der Waals surface area contributed by atoms with Crippen LogP contribution in [0.2, 0.25) is 0 Å². The number of H-pyrrole nitrogens is 1. The van der Waals surface area contributed by atoms with Crippen molar-refractivity contribution in [1.29, 1.82) is 0 Å². The van der Waals surface area contributed by atoms with Crippen LogP contribution in [0.1, 0.15) is 25.3 Å². The normalized spacial score (nSPS) is 22.5. The number of aliphatic imine (C=N–C) groups is 1. The molecule has 1 aliphatic rings. The van der Waals surface area contributed by atoms with Gasteiger partial charge in [0, 0.05) is 29.4 Å². The van der Waals surface area contributed by atoms with E-state index in [2.05, 4.69) is 22.6 Å². The van der Waals surface area contributed by atoms with Gasteiger partial charge in [-0.1, -0.05) is 6.92 Å².